The van der Waals surface area contributed by atoms with Gasteiger partial charge in [0.05, 0.1) is 35.5 Å². The monoisotopic (exact) mass is 479 g/mol. The molecule has 3 aliphatic rings. The third kappa shape index (κ3) is 3.77. The second-order valence-electron chi connectivity index (χ2n) is 8.82. The number of carbonyl (C=O) groups is 2. The standard InChI is InChI=1S/C24H22FN5O5/c25-15-9-27-16-4-6-21(32)30-11-18(22(15)23(16)30)26-7-1-2-14-10-29(24(33)35-14)13-3-5-19-17(8-13)28-20(31)12-34-19/h3-6,8-9,14,18,26H,1-2,7,10-12H2,(H,28,31)/t14-,18+/m1/s1. The van der Waals surface area contributed by atoms with Gasteiger partial charge in [-0.05, 0) is 43.7 Å². The minimum absolute atomic E-state index is 0.0312. The number of cyclic esters (lactones) is 1. The molecule has 0 saturated carbocycles. The molecule has 0 aliphatic carbocycles. The zero-order chi connectivity index (χ0) is 24.1. The molecule has 6 rings (SSSR count). The first-order chi connectivity index (χ1) is 17.0. The third-order valence-electron chi connectivity index (χ3n) is 6.58. The van der Waals surface area contributed by atoms with Crippen molar-refractivity contribution >= 4 is 34.4 Å². The van der Waals surface area contributed by atoms with Crippen LogP contribution >= 0.6 is 0 Å². The van der Waals surface area contributed by atoms with E-state index in [2.05, 4.69) is 15.6 Å². The maximum atomic E-state index is 14.6. The largest absolute Gasteiger partial charge is 0.482 e. The molecule has 0 spiro atoms. The number of benzene rings is 1. The Bertz CT molecular complexity index is 1420. The lowest BCUT2D eigenvalue weighted by atomic mass is 10.1. The summed E-state index contributed by atoms with van der Waals surface area (Å²) in [6, 6.07) is 7.90. The number of aromatic nitrogens is 2. The van der Waals surface area contributed by atoms with E-state index in [9.17, 15) is 18.8 Å². The predicted octanol–water partition coefficient (Wildman–Crippen LogP) is 2.32. The molecular formula is C24H22FN5O5. The van der Waals surface area contributed by atoms with Crippen LogP contribution in [-0.2, 0) is 16.1 Å². The van der Waals surface area contributed by atoms with Gasteiger partial charge in [-0.25, -0.2) is 9.18 Å². The molecule has 2 aromatic heterocycles. The topological polar surface area (TPSA) is 115 Å². The molecule has 0 bridgehead atoms. The zero-order valence-electron chi connectivity index (χ0n) is 18.6. The molecule has 10 nitrogen and oxygen atoms in total. The van der Waals surface area contributed by atoms with Gasteiger partial charge in [-0.3, -0.25) is 19.5 Å². The van der Waals surface area contributed by atoms with Gasteiger partial charge in [-0.15, -0.1) is 0 Å². The van der Waals surface area contributed by atoms with E-state index in [0.29, 0.717) is 66.2 Å². The maximum absolute atomic E-state index is 14.6. The van der Waals surface area contributed by atoms with Crippen LogP contribution in [0.15, 0.2) is 41.3 Å². The molecule has 11 heteroatoms. The zero-order valence-corrected chi connectivity index (χ0v) is 18.6. The Morgan fingerprint density at radius 2 is 2.06 bits per heavy atom. The Hall–Kier alpha value is -3.99. The molecule has 3 aromatic rings. The van der Waals surface area contributed by atoms with Crippen molar-refractivity contribution in [3.05, 3.63) is 58.3 Å². The van der Waals surface area contributed by atoms with Crippen LogP contribution in [0, 0.1) is 5.82 Å². The number of rotatable bonds is 6. The summed E-state index contributed by atoms with van der Waals surface area (Å²) in [4.78, 5) is 41.9. The van der Waals surface area contributed by atoms with Gasteiger partial charge in [0, 0.05) is 23.9 Å². The highest BCUT2D eigenvalue weighted by Crippen LogP contribution is 2.34. The van der Waals surface area contributed by atoms with Gasteiger partial charge in [-0.1, -0.05) is 0 Å². The van der Waals surface area contributed by atoms with Gasteiger partial charge < -0.3 is 24.7 Å². The Morgan fingerprint density at radius 3 is 2.94 bits per heavy atom. The van der Waals surface area contributed by atoms with E-state index >= 15 is 0 Å². The molecule has 35 heavy (non-hydrogen) atoms. The molecule has 180 valence electrons. The van der Waals surface area contributed by atoms with E-state index in [1.54, 1.807) is 28.8 Å². The van der Waals surface area contributed by atoms with E-state index in [1.807, 2.05) is 0 Å². The van der Waals surface area contributed by atoms with Crippen LogP contribution in [-0.4, -0.2) is 47.4 Å². The summed E-state index contributed by atoms with van der Waals surface area (Å²) in [7, 11) is 0. The smallest absolute Gasteiger partial charge is 0.414 e. The second-order valence-corrected chi connectivity index (χ2v) is 8.82. The van der Waals surface area contributed by atoms with E-state index in [0.717, 1.165) is 0 Å². The Morgan fingerprint density at radius 1 is 1.17 bits per heavy atom. The van der Waals surface area contributed by atoms with E-state index < -0.39 is 11.9 Å². The van der Waals surface area contributed by atoms with Crippen molar-refractivity contribution in [3.63, 3.8) is 0 Å². The maximum Gasteiger partial charge on any atom is 0.414 e. The van der Waals surface area contributed by atoms with E-state index in [4.69, 9.17) is 9.47 Å². The summed E-state index contributed by atoms with van der Waals surface area (Å²) in [5, 5.41) is 6.07. The van der Waals surface area contributed by atoms with Gasteiger partial charge in [0.25, 0.3) is 11.5 Å². The fourth-order valence-electron chi connectivity index (χ4n) is 4.94. The lowest BCUT2D eigenvalue weighted by Gasteiger charge is -2.20. The third-order valence-corrected chi connectivity index (χ3v) is 6.58. The summed E-state index contributed by atoms with van der Waals surface area (Å²) in [6.45, 7) is 1.26. The van der Waals surface area contributed by atoms with E-state index in [1.165, 1.54) is 17.2 Å². The van der Waals surface area contributed by atoms with Crippen LogP contribution in [0.2, 0.25) is 0 Å². The van der Waals surface area contributed by atoms with Gasteiger partial charge in [0.1, 0.15) is 17.7 Å². The second kappa shape index (κ2) is 8.35. The first-order valence-corrected chi connectivity index (χ1v) is 11.4. The van der Waals surface area contributed by atoms with Gasteiger partial charge >= 0.3 is 6.09 Å². The summed E-state index contributed by atoms with van der Waals surface area (Å²) in [6.07, 6.45) is 1.76. The summed E-state index contributed by atoms with van der Waals surface area (Å²) < 4.78 is 27.0. The number of anilines is 2. The lowest BCUT2D eigenvalue weighted by Crippen LogP contribution is -2.28. The van der Waals surface area contributed by atoms with Gasteiger partial charge in [0.15, 0.2) is 6.61 Å². The van der Waals surface area contributed by atoms with Crippen molar-refractivity contribution in [2.75, 3.05) is 29.9 Å². The molecule has 5 heterocycles. The van der Waals surface area contributed by atoms with Crippen LogP contribution < -0.4 is 25.8 Å². The molecule has 2 amide bonds. The molecule has 2 atom stereocenters. The van der Waals surface area contributed by atoms with Crippen LogP contribution in [0.25, 0.3) is 11.0 Å². The van der Waals surface area contributed by atoms with Crippen LogP contribution in [0.4, 0.5) is 20.6 Å². The number of nitrogens with one attached hydrogen (secondary N) is 2. The lowest BCUT2D eigenvalue weighted by molar-refractivity contribution is -0.118. The summed E-state index contributed by atoms with van der Waals surface area (Å²) in [5.74, 6) is -0.117. The fourth-order valence-corrected chi connectivity index (χ4v) is 4.94. The van der Waals surface area contributed by atoms with Crippen LogP contribution in [0.5, 0.6) is 5.75 Å². The number of halogens is 1. The number of carbonyl (C=O) groups excluding carboxylic acids is 2. The molecule has 1 saturated heterocycles. The highest BCUT2D eigenvalue weighted by molar-refractivity contribution is 5.97. The van der Waals surface area contributed by atoms with Gasteiger partial charge in [0.2, 0.25) is 0 Å². The average molecular weight is 479 g/mol. The molecule has 1 fully saturated rings. The predicted molar refractivity (Wildman–Crippen MR) is 124 cm³/mol. The molecular weight excluding hydrogens is 457 g/mol. The Kier molecular flexibility index (Phi) is 5.14. The molecule has 3 aliphatic heterocycles. The minimum Gasteiger partial charge on any atom is -0.482 e. The normalized spacial score (nSPS) is 20.5. The van der Waals surface area contributed by atoms with Crippen molar-refractivity contribution < 1.29 is 23.5 Å². The van der Waals surface area contributed by atoms with Gasteiger partial charge in [-0.2, -0.15) is 0 Å². The highest BCUT2D eigenvalue weighted by atomic mass is 19.1. The molecule has 1 aromatic carbocycles. The number of hydrogen-bond donors (Lipinski definition) is 2. The van der Waals surface area contributed by atoms with Crippen molar-refractivity contribution in [3.8, 4) is 5.75 Å². The molecule has 0 radical (unpaired) electrons. The first kappa shape index (κ1) is 21.5. The number of amides is 2. The van der Waals surface area contributed by atoms with Crippen molar-refractivity contribution in [1.29, 1.82) is 0 Å². The van der Waals surface area contributed by atoms with Crippen molar-refractivity contribution in [2.45, 2.75) is 31.5 Å². The molecule has 0 unspecified atom stereocenters. The Labute approximate surface area is 198 Å². The number of nitrogens with zero attached hydrogens (tertiary/aromatic N) is 3. The summed E-state index contributed by atoms with van der Waals surface area (Å²) >= 11 is 0. The van der Waals surface area contributed by atoms with E-state index in [-0.39, 0.29) is 30.2 Å². The SMILES string of the molecule is O=C1COc2ccc(N3C[C@@H](CCCN[C@H]4Cn5c(=O)ccc6ncc(F)c4c65)OC3=O)cc2N1. The van der Waals surface area contributed by atoms with Crippen LogP contribution in [0.3, 0.4) is 0 Å². The Balaban J connectivity index is 1.06. The van der Waals surface area contributed by atoms with Crippen molar-refractivity contribution in [1.82, 2.24) is 14.9 Å². The quantitative estimate of drug-likeness (QED) is 0.522. The number of fused-ring (bicyclic) bond motifs is 1. The minimum atomic E-state index is -0.446. The van der Waals surface area contributed by atoms with Crippen molar-refractivity contribution in [2.24, 2.45) is 0 Å². The first-order valence-electron chi connectivity index (χ1n) is 11.4. The number of pyridine rings is 2. The highest BCUT2D eigenvalue weighted by Gasteiger charge is 2.33. The number of hydrogen-bond acceptors (Lipinski definition) is 7. The fraction of sp³-hybridized carbons (Fsp3) is 0.333. The average Bonchev–Trinajstić information content (AvgIpc) is 3.42. The van der Waals surface area contributed by atoms with Crippen LogP contribution in [0.1, 0.15) is 24.4 Å². The number of ether oxygens (including phenoxy) is 2. The summed E-state index contributed by atoms with van der Waals surface area (Å²) in [5.41, 5.74) is 2.56. The molecule has 2 N–H and O–H groups in total.